The Bertz CT molecular complexity index is 495. The van der Waals surface area contributed by atoms with Crippen molar-refractivity contribution in [3.8, 4) is 5.75 Å². The molecule has 2 aliphatic rings. The maximum atomic E-state index is 11.3. The van der Waals surface area contributed by atoms with Crippen LogP contribution in [-0.2, 0) is 11.3 Å². The molecule has 0 bridgehead atoms. The summed E-state index contributed by atoms with van der Waals surface area (Å²) in [6.07, 6.45) is 5.45. The van der Waals surface area contributed by atoms with E-state index in [4.69, 9.17) is 4.74 Å². The minimum absolute atomic E-state index is 0.0815. The van der Waals surface area contributed by atoms with Crippen LogP contribution >= 0.6 is 0 Å². The van der Waals surface area contributed by atoms with Crippen LogP contribution in [0.1, 0.15) is 38.2 Å². The van der Waals surface area contributed by atoms with E-state index in [0.717, 1.165) is 23.9 Å². The number of hydrogen-bond donors (Lipinski definition) is 2. The molecule has 2 N–H and O–H groups in total. The van der Waals surface area contributed by atoms with Gasteiger partial charge in [0, 0.05) is 12.6 Å². The van der Waals surface area contributed by atoms with Gasteiger partial charge in [-0.15, -0.1) is 0 Å². The van der Waals surface area contributed by atoms with Gasteiger partial charge in [-0.1, -0.05) is 18.9 Å². The first kappa shape index (κ1) is 13.4. The first-order chi connectivity index (χ1) is 9.72. The SMILES string of the molecule is C[C@@H](NCc1ccc2c(c1)NC(=O)CO2)C1CCCC1. The molecule has 1 aromatic rings. The zero-order valence-corrected chi connectivity index (χ0v) is 11.9. The molecular formula is C16H22N2O2. The normalized spacial score (nSPS) is 20.1. The van der Waals surface area contributed by atoms with Crippen molar-refractivity contribution in [2.45, 2.75) is 45.2 Å². The summed E-state index contributed by atoms with van der Waals surface area (Å²) in [6, 6.07) is 6.55. The Morgan fingerprint density at radius 3 is 3.00 bits per heavy atom. The molecule has 4 heteroatoms. The van der Waals surface area contributed by atoms with E-state index in [0.29, 0.717) is 6.04 Å². The highest BCUT2D eigenvalue weighted by Gasteiger charge is 2.21. The smallest absolute Gasteiger partial charge is 0.262 e. The van der Waals surface area contributed by atoms with Gasteiger partial charge in [0.1, 0.15) is 5.75 Å². The quantitative estimate of drug-likeness (QED) is 0.887. The van der Waals surface area contributed by atoms with E-state index in [2.05, 4.69) is 23.6 Å². The minimum atomic E-state index is -0.0815. The highest BCUT2D eigenvalue weighted by Crippen LogP contribution is 2.29. The van der Waals surface area contributed by atoms with Crippen LogP contribution in [0.5, 0.6) is 5.75 Å². The Balaban J connectivity index is 1.60. The van der Waals surface area contributed by atoms with Crippen LogP contribution in [0.25, 0.3) is 0 Å². The zero-order valence-electron chi connectivity index (χ0n) is 11.9. The molecule has 4 nitrogen and oxygen atoms in total. The molecule has 3 rings (SSSR count). The number of anilines is 1. The topological polar surface area (TPSA) is 50.4 Å². The van der Waals surface area contributed by atoms with Crippen LogP contribution in [0.15, 0.2) is 18.2 Å². The molecule has 1 saturated carbocycles. The lowest BCUT2D eigenvalue weighted by Gasteiger charge is -2.22. The van der Waals surface area contributed by atoms with Crippen molar-refractivity contribution in [3.63, 3.8) is 0 Å². The molecule has 0 unspecified atom stereocenters. The lowest BCUT2D eigenvalue weighted by atomic mass is 9.99. The molecule has 1 aromatic carbocycles. The molecule has 1 atom stereocenters. The van der Waals surface area contributed by atoms with E-state index >= 15 is 0 Å². The second kappa shape index (κ2) is 5.83. The molecular weight excluding hydrogens is 252 g/mol. The summed E-state index contributed by atoms with van der Waals surface area (Å²) in [6.45, 7) is 3.23. The number of fused-ring (bicyclic) bond motifs is 1. The average Bonchev–Trinajstić information content (AvgIpc) is 2.98. The summed E-state index contributed by atoms with van der Waals surface area (Å²) in [5, 5.41) is 6.46. The lowest BCUT2D eigenvalue weighted by Crippen LogP contribution is -2.32. The largest absolute Gasteiger partial charge is 0.482 e. The minimum Gasteiger partial charge on any atom is -0.482 e. The second-order valence-corrected chi connectivity index (χ2v) is 5.88. The van der Waals surface area contributed by atoms with Crippen molar-refractivity contribution in [1.82, 2.24) is 5.32 Å². The van der Waals surface area contributed by atoms with Crippen molar-refractivity contribution in [3.05, 3.63) is 23.8 Å². The van der Waals surface area contributed by atoms with Crippen molar-refractivity contribution in [1.29, 1.82) is 0 Å². The van der Waals surface area contributed by atoms with Gasteiger partial charge in [0.05, 0.1) is 5.69 Å². The van der Waals surface area contributed by atoms with Crippen LogP contribution < -0.4 is 15.4 Å². The molecule has 1 heterocycles. The molecule has 1 aliphatic heterocycles. The summed E-state index contributed by atoms with van der Waals surface area (Å²) in [5.74, 6) is 1.50. The van der Waals surface area contributed by atoms with E-state index < -0.39 is 0 Å². The Labute approximate surface area is 119 Å². The molecule has 108 valence electrons. The number of amides is 1. The maximum absolute atomic E-state index is 11.3. The monoisotopic (exact) mass is 274 g/mol. The van der Waals surface area contributed by atoms with Crippen LogP contribution in [0.4, 0.5) is 5.69 Å². The van der Waals surface area contributed by atoms with Crippen LogP contribution in [-0.4, -0.2) is 18.6 Å². The fourth-order valence-electron chi connectivity index (χ4n) is 3.14. The molecule has 0 aromatic heterocycles. The molecule has 20 heavy (non-hydrogen) atoms. The van der Waals surface area contributed by atoms with Gasteiger partial charge in [-0.2, -0.15) is 0 Å². The summed E-state index contributed by atoms with van der Waals surface area (Å²) in [4.78, 5) is 11.3. The summed E-state index contributed by atoms with van der Waals surface area (Å²) < 4.78 is 5.37. The summed E-state index contributed by atoms with van der Waals surface area (Å²) in [5.41, 5.74) is 1.97. The van der Waals surface area contributed by atoms with E-state index in [1.165, 1.54) is 31.2 Å². The van der Waals surface area contributed by atoms with E-state index in [1.54, 1.807) is 0 Å². The van der Waals surface area contributed by atoms with Gasteiger partial charge in [-0.25, -0.2) is 0 Å². The predicted molar refractivity (Wildman–Crippen MR) is 78.8 cm³/mol. The van der Waals surface area contributed by atoms with Crippen molar-refractivity contribution >= 4 is 11.6 Å². The van der Waals surface area contributed by atoms with E-state index in [9.17, 15) is 4.79 Å². The maximum Gasteiger partial charge on any atom is 0.262 e. The van der Waals surface area contributed by atoms with Crippen molar-refractivity contribution < 1.29 is 9.53 Å². The Morgan fingerprint density at radius 2 is 2.20 bits per heavy atom. The van der Waals surface area contributed by atoms with Crippen LogP contribution in [0.2, 0.25) is 0 Å². The third kappa shape index (κ3) is 2.96. The zero-order chi connectivity index (χ0) is 13.9. The van der Waals surface area contributed by atoms with Crippen molar-refractivity contribution in [2.75, 3.05) is 11.9 Å². The molecule has 1 amide bonds. The summed E-state index contributed by atoms with van der Waals surface area (Å²) >= 11 is 0. The Morgan fingerprint density at radius 1 is 1.40 bits per heavy atom. The van der Waals surface area contributed by atoms with Crippen LogP contribution in [0.3, 0.4) is 0 Å². The highest BCUT2D eigenvalue weighted by molar-refractivity contribution is 5.95. The van der Waals surface area contributed by atoms with E-state index in [1.807, 2.05) is 12.1 Å². The number of rotatable bonds is 4. The number of carbonyl (C=O) groups is 1. The highest BCUT2D eigenvalue weighted by atomic mass is 16.5. The van der Waals surface area contributed by atoms with Gasteiger partial charge in [-0.05, 0) is 43.4 Å². The fraction of sp³-hybridized carbons (Fsp3) is 0.562. The number of ether oxygens (including phenoxy) is 1. The van der Waals surface area contributed by atoms with Gasteiger partial charge in [-0.3, -0.25) is 4.79 Å². The fourth-order valence-corrected chi connectivity index (χ4v) is 3.14. The standard InChI is InChI=1S/C16H22N2O2/c1-11(13-4-2-3-5-13)17-9-12-6-7-15-14(8-12)18-16(19)10-20-15/h6-8,11,13,17H,2-5,9-10H2,1H3,(H,18,19)/t11-/m1/s1. The average molecular weight is 274 g/mol. The number of nitrogens with one attached hydrogen (secondary N) is 2. The Kier molecular flexibility index (Phi) is 3.92. The molecule has 0 saturated heterocycles. The second-order valence-electron chi connectivity index (χ2n) is 5.88. The van der Waals surface area contributed by atoms with Gasteiger partial charge in [0.25, 0.3) is 5.91 Å². The van der Waals surface area contributed by atoms with Crippen LogP contribution in [0, 0.1) is 5.92 Å². The van der Waals surface area contributed by atoms with Crippen molar-refractivity contribution in [2.24, 2.45) is 5.92 Å². The Hall–Kier alpha value is -1.55. The molecule has 1 fully saturated rings. The van der Waals surface area contributed by atoms with Gasteiger partial charge in [0.15, 0.2) is 6.61 Å². The number of benzene rings is 1. The third-order valence-electron chi connectivity index (χ3n) is 4.41. The van der Waals surface area contributed by atoms with Gasteiger partial charge < -0.3 is 15.4 Å². The van der Waals surface area contributed by atoms with Gasteiger partial charge >= 0.3 is 0 Å². The predicted octanol–water partition coefficient (Wildman–Crippen LogP) is 2.69. The number of carbonyl (C=O) groups excluding carboxylic acids is 1. The molecule has 1 aliphatic carbocycles. The third-order valence-corrected chi connectivity index (χ3v) is 4.41. The summed E-state index contributed by atoms with van der Waals surface area (Å²) in [7, 11) is 0. The first-order valence-corrected chi connectivity index (χ1v) is 7.51. The van der Waals surface area contributed by atoms with E-state index in [-0.39, 0.29) is 12.5 Å². The lowest BCUT2D eigenvalue weighted by molar-refractivity contribution is -0.118. The molecule has 0 spiro atoms. The first-order valence-electron chi connectivity index (χ1n) is 7.51. The van der Waals surface area contributed by atoms with Gasteiger partial charge in [0.2, 0.25) is 0 Å². The molecule has 0 radical (unpaired) electrons. The number of hydrogen-bond acceptors (Lipinski definition) is 3.